The molecule has 0 aliphatic carbocycles. The van der Waals surface area contributed by atoms with Crippen molar-refractivity contribution in [2.75, 3.05) is 32.5 Å². The van der Waals surface area contributed by atoms with E-state index in [1.54, 1.807) is 4.68 Å². The highest BCUT2D eigenvalue weighted by Gasteiger charge is 2.20. The molecular weight excluding hydrogens is 288 g/mol. The predicted molar refractivity (Wildman–Crippen MR) is 96.5 cm³/mol. The highest BCUT2D eigenvalue weighted by atomic mass is 16.5. The van der Waals surface area contributed by atoms with Crippen LogP contribution < -0.4 is 10.5 Å². The van der Waals surface area contributed by atoms with Crippen molar-refractivity contribution >= 4 is 11.5 Å². The molecule has 1 aliphatic rings. The number of ether oxygens (including phenoxy) is 1. The second-order valence-corrected chi connectivity index (χ2v) is 6.35. The van der Waals surface area contributed by atoms with Crippen molar-refractivity contribution in [3.05, 3.63) is 23.8 Å². The van der Waals surface area contributed by atoms with Crippen LogP contribution in [-0.4, -0.2) is 41.4 Å². The molecule has 1 aromatic heterocycles. The average molecular weight is 318 g/mol. The summed E-state index contributed by atoms with van der Waals surface area (Å²) in [5.74, 6) is 1.90. The minimum Gasteiger partial charge on any atom is -0.476 e. The van der Waals surface area contributed by atoms with E-state index in [0.29, 0.717) is 24.2 Å². The Labute approximate surface area is 139 Å². The summed E-state index contributed by atoms with van der Waals surface area (Å²) in [6.07, 6.45) is 9.38. The van der Waals surface area contributed by atoms with Gasteiger partial charge in [-0.3, -0.25) is 0 Å². The lowest BCUT2D eigenvalue weighted by molar-refractivity contribution is 0.147. The van der Waals surface area contributed by atoms with E-state index in [9.17, 15) is 0 Å². The van der Waals surface area contributed by atoms with Gasteiger partial charge in [-0.2, -0.15) is 0 Å². The first-order valence-corrected chi connectivity index (χ1v) is 8.55. The van der Waals surface area contributed by atoms with Gasteiger partial charge in [-0.05, 0) is 52.8 Å². The highest BCUT2D eigenvalue weighted by Crippen LogP contribution is 2.27. The van der Waals surface area contributed by atoms with Crippen molar-refractivity contribution in [2.24, 2.45) is 5.92 Å². The van der Waals surface area contributed by atoms with Gasteiger partial charge in [-0.25, -0.2) is 4.68 Å². The van der Waals surface area contributed by atoms with Crippen LogP contribution in [0.2, 0.25) is 0 Å². The minimum atomic E-state index is 0.573. The van der Waals surface area contributed by atoms with Crippen molar-refractivity contribution in [1.82, 2.24) is 14.7 Å². The van der Waals surface area contributed by atoms with E-state index in [1.165, 1.54) is 19.4 Å². The Balaban J connectivity index is 2.10. The fourth-order valence-electron chi connectivity index (χ4n) is 3.00. The number of nitrogens with two attached hydrogens (primary N) is 1. The van der Waals surface area contributed by atoms with Crippen LogP contribution in [0.4, 0.5) is 5.82 Å². The normalized spacial score (nSPS) is 20.3. The van der Waals surface area contributed by atoms with Crippen LogP contribution in [0.15, 0.2) is 18.2 Å². The lowest BCUT2D eigenvalue weighted by Crippen LogP contribution is -2.34. The van der Waals surface area contributed by atoms with Crippen LogP contribution in [0.3, 0.4) is 0 Å². The van der Waals surface area contributed by atoms with Gasteiger partial charge in [0.2, 0.25) is 5.88 Å². The Morgan fingerprint density at radius 2 is 2.26 bits per heavy atom. The van der Waals surface area contributed by atoms with Gasteiger partial charge in [0, 0.05) is 18.2 Å². The second-order valence-electron chi connectivity index (χ2n) is 6.35. The third-order valence-corrected chi connectivity index (χ3v) is 4.42. The molecule has 2 rings (SSSR count). The van der Waals surface area contributed by atoms with Gasteiger partial charge in [0.15, 0.2) is 0 Å². The van der Waals surface area contributed by atoms with Crippen LogP contribution in [-0.2, 0) is 0 Å². The Hall–Kier alpha value is -1.75. The smallest absolute Gasteiger partial charge is 0.238 e. The van der Waals surface area contributed by atoms with E-state index in [4.69, 9.17) is 10.5 Å². The minimum absolute atomic E-state index is 0.573. The molecule has 1 fully saturated rings. The zero-order valence-electron chi connectivity index (χ0n) is 14.9. The Bertz CT molecular complexity index is 574. The van der Waals surface area contributed by atoms with Gasteiger partial charge in [0.25, 0.3) is 0 Å². The standard InChI is InChI=1S/C18H30N4O/c1-5-7-10-16(6-2)22-17(19)14(3)18(20-22)23-13-15-9-8-11-21(4)12-15/h5,7,10,15H,6,8-9,11-13,19H2,1-4H3/b7-5-,16-10+. The topological polar surface area (TPSA) is 56.3 Å². The van der Waals surface area contributed by atoms with Crippen LogP contribution in [0, 0.1) is 12.8 Å². The number of piperidine rings is 1. The molecule has 1 aliphatic heterocycles. The molecular formula is C18H30N4O. The molecule has 2 N–H and O–H groups in total. The second kappa shape index (κ2) is 8.20. The first kappa shape index (κ1) is 17.6. The summed E-state index contributed by atoms with van der Waals surface area (Å²) in [6, 6.07) is 0. The molecule has 1 saturated heterocycles. The van der Waals surface area contributed by atoms with Crippen LogP contribution in [0.1, 0.15) is 38.7 Å². The largest absolute Gasteiger partial charge is 0.476 e. The van der Waals surface area contributed by atoms with Crippen LogP contribution in [0.5, 0.6) is 5.88 Å². The molecule has 0 radical (unpaired) electrons. The van der Waals surface area contributed by atoms with Gasteiger partial charge >= 0.3 is 0 Å². The number of nitrogen functional groups attached to an aromatic ring is 1. The summed E-state index contributed by atoms with van der Waals surface area (Å²) in [7, 11) is 2.17. The number of likely N-dealkylation sites (tertiary alicyclic amines) is 1. The van der Waals surface area contributed by atoms with Crippen molar-refractivity contribution in [3.8, 4) is 5.88 Å². The Morgan fingerprint density at radius 3 is 2.91 bits per heavy atom. The molecule has 5 heteroatoms. The molecule has 1 atom stereocenters. The van der Waals surface area contributed by atoms with E-state index in [0.717, 1.165) is 24.2 Å². The average Bonchev–Trinajstić information content (AvgIpc) is 2.82. The van der Waals surface area contributed by atoms with E-state index >= 15 is 0 Å². The van der Waals surface area contributed by atoms with Crippen LogP contribution >= 0.6 is 0 Å². The number of hydrogen-bond acceptors (Lipinski definition) is 4. The fraction of sp³-hybridized carbons (Fsp3) is 0.611. The number of nitrogens with zero attached hydrogens (tertiary/aromatic N) is 3. The molecule has 0 saturated carbocycles. The number of allylic oxidation sites excluding steroid dienone is 4. The molecule has 2 heterocycles. The van der Waals surface area contributed by atoms with E-state index < -0.39 is 0 Å². The van der Waals surface area contributed by atoms with E-state index in [1.807, 2.05) is 32.1 Å². The lowest BCUT2D eigenvalue weighted by atomic mass is 10.00. The molecule has 0 spiro atoms. The maximum Gasteiger partial charge on any atom is 0.238 e. The van der Waals surface area contributed by atoms with E-state index in [2.05, 4.69) is 24.0 Å². The van der Waals surface area contributed by atoms with Crippen molar-refractivity contribution in [2.45, 2.75) is 40.0 Å². The third kappa shape index (κ3) is 4.38. The van der Waals surface area contributed by atoms with Crippen molar-refractivity contribution in [1.29, 1.82) is 0 Å². The quantitative estimate of drug-likeness (QED) is 0.818. The Morgan fingerprint density at radius 1 is 1.48 bits per heavy atom. The Kier molecular flexibility index (Phi) is 6.28. The first-order chi connectivity index (χ1) is 11.1. The fourth-order valence-corrected chi connectivity index (χ4v) is 3.00. The van der Waals surface area contributed by atoms with Gasteiger partial charge in [-0.1, -0.05) is 19.1 Å². The SMILES string of the molecule is C/C=C\C=C(/CC)n1nc(OCC2CCCN(C)C2)c(C)c1N. The van der Waals surface area contributed by atoms with Crippen molar-refractivity contribution in [3.63, 3.8) is 0 Å². The molecule has 1 unspecified atom stereocenters. The molecule has 0 bridgehead atoms. The number of aromatic nitrogens is 2. The van der Waals surface area contributed by atoms with Gasteiger partial charge in [0.1, 0.15) is 5.82 Å². The zero-order chi connectivity index (χ0) is 16.8. The molecule has 1 aromatic rings. The molecule has 0 amide bonds. The summed E-state index contributed by atoms with van der Waals surface area (Å²) < 4.78 is 7.80. The molecule has 0 aromatic carbocycles. The summed E-state index contributed by atoms with van der Waals surface area (Å²) in [6.45, 7) is 9.07. The zero-order valence-corrected chi connectivity index (χ0v) is 14.9. The summed E-state index contributed by atoms with van der Waals surface area (Å²) >= 11 is 0. The van der Waals surface area contributed by atoms with Crippen molar-refractivity contribution < 1.29 is 4.74 Å². The molecule has 5 nitrogen and oxygen atoms in total. The molecule has 128 valence electrons. The summed E-state index contributed by atoms with van der Waals surface area (Å²) in [5, 5.41) is 4.59. The van der Waals surface area contributed by atoms with Gasteiger partial charge in [-0.15, -0.1) is 5.10 Å². The number of hydrogen-bond donors (Lipinski definition) is 1. The maximum atomic E-state index is 6.23. The number of anilines is 1. The lowest BCUT2D eigenvalue weighted by Gasteiger charge is -2.29. The van der Waals surface area contributed by atoms with E-state index in [-0.39, 0.29) is 0 Å². The third-order valence-electron chi connectivity index (χ3n) is 4.42. The van der Waals surface area contributed by atoms with Crippen LogP contribution in [0.25, 0.3) is 5.70 Å². The predicted octanol–water partition coefficient (Wildman–Crippen LogP) is 3.32. The molecule has 23 heavy (non-hydrogen) atoms. The van der Waals surface area contributed by atoms with Gasteiger partial charge in [0.05, 0.1) is 12.2 Å². The summed E-state index contributed by atoms with van der Waals surface area (Å²) in [4.78, 5) is 2.37. The number of rotatable bonds is 6. The van der Waals surface area contributed by atoms with Gasteiger partial charge < -0.3 is 15.4 Å². The summed E-state index contributed by atoms with van der Waals surface area (Å²) in [5.41, 5.74) is 8.22. The highest BCUT2D eigenvalue weighted by molar-refractivity contribution is 5.58. The maximum absolute atomic E-state index is 6.23. The first-order valence-electron chi connectivity index (χ1n) is 8.55. The monoisotopic (exact) mass is 318 g/mol.